The lowest BCUT2D eigenvalue weighted by atomic mass is 9.77. The number of piperidine rings is 1. The van der Waals surface area contributed by atoms with Gasteiger partial charge in [-0.1, -0.05) is 26.7 Å². The highest BCUT2D eigenvalue weighted by molar-refractivity contribution is 5.80. The van der Waals surface area contributed by atoms with Crippen LogP contribution in [0.5, 0.6) is 0 Å². The third kappa shape index (κ3) is 3.33. The summed E-state index contributed by atoms with van der Waals surface area (Å²) >= 11 is 0. The van der Waals surface area contributed by atoms with Gasteiger partial charge in [0.2, 0.25) is 11.8 Å². The van der Waals surface area contributed by atoms with Crippen LogP contribution in [0, 0.1) is 11.3 Å². The summed E-state index contributed by atoms with van der Waals surface area (Å²) in [6.45, 7) is 6.75. The first-order valence-corrected chi connectivity index (χ1v) is 8.16. The molecule has 0 saturated carbocycles. The van der Waals surface area contributed by atoms with Crippen molar-refractivity contribution in [3.63, 3.8) is 0 Å². The largest absolute Gasteiger partial charge is 0.356 e. The predicted octanol–water partition coefficient (Wildman–Crippen LogP) is 2.33. The van der Waals surface area contributed by atoms with Gasteiger partial charge in [0.05, 0.1) is 0 Å². The minimum absolute atomic E-state index is 0.138. The lowest BCUT2D eigenvalue weighted by Crippen LogP contribution is -2.46. The van der Waals surface area contributed by atoms with E-state index in [1.165, 1.54) is 0 Å². The second kappa shape index (κ2) is 6.59. The first kappa shape index (κ1) is 15.3. The lowest BCUT2D eigenvalue weighted by molar-refractivity contribution is -0.138. The molecule has 2 rings (SSSR count). The molecule has 0 bridgehead atoms. The third-order valence-electron chi connectivity index (χ3n) is 5.08. The zero-order valence-corrected chi connectivity index (χ0v) is 12.9. The molecule has 4 nitrogen and oxygen atoms in total. The van der Waals surface area contributed by atoms with E-state index in [0.29, 0.717) is 12.3 Å². The van der Waals surface area contributed by atoms with E-state index in [2.05, 4.69) is 19.2 Å². The summed E-state index contributed by atoms with van der Waals surface area (Å²) in [4.78, 5) is 26.0. The molecule has 2 aliphatic rings. The smallest absolute Gasteiger partial charge is 0.225 e. The van der Waals surface area contributed by atoms with Crippen LogP contribution in [0.2, 0.25) is 0 Å². The van der Waals surface area contributed by atoms with Crippen LogP contribution in [0.3, 0.4) is 0 Å². The SMILES string of the molecule is CCCCC(CC)C(=O)N1CCC2(CC1)CNC(=O)C2. The molecule has 2 heterocycles. The summed E-state index contributed by atoms with van der Waals surface area (Å²) in [5, 5.41) is 2.94. The van der Waals surface area contributed by atoms with Gasteiger partial charge >= 0.3 is 0 Å². The first-order chi connectivity index (χ1) is 9.60. The molecule has 0 aromatic rings. The van der Waals surface area contributed by atoms with Crippen molar-refractivity contribution in [1.29, 1.82) is 0 Å². The number of nitrogens with one attached hydrogen (secondary N) is 1. The normalized spacial score (nSPS) is 22.9. The maximum atomic E-state index is 12.5. The molecule has 2 saturated heterocycles. The van der Waals surface area contributed by atoms with Crippen molar-refractivity contribution in [2.75, 3.05) is 19.6 Å². The van der Waals surface area contributed by atoms with E-state index in [1.54, 1.807) is 0 Å². The second-order valence-electron chi connectivity index (χ2n) is 6.53. The van der Waals surface area contributed by atoms with Gasteiger partial charge in [0.1, 0.15) is 0 Å². The zero-order chi connectivity index (χ0) is 14.6. The minimum atomic E-state index is 0.138. The fourth-order valence-electron chi connectivity index (χ4n) is 3.52. The number of hydrogen-bond donors (Lipinski definition) is 1. The number of amides is 2. The average Bonchev–Trinajstić information content (AvgIpc) is 2.81. The minimum Gasteiger partial charge on any atom is -0.356 e. The van der Waals surface area contributed by atoms with E-state index in [9.17, 15) is 9.59 Å². The Kier molecular flexibility index (Phi) is 5.06. The van der Waals surface area contributed by atoms with Crippen molar-refractivity contribution in [2.45, 2.75) is 58.8 Å². The highest BCUT2D eigenvalue weighted by Gasteiger charge is 2.42. The molecule has 4 heteroatoms. The molecule has 0 aromatic carbocycles. The molecule has 1 atom stereocenters. The number of rotatable bonds is 5. The molecular weight excluding hydrogens is 252 g/mol. The Labute approximate surface area is 122 Å². The van der Waals surface area contributed by atoms with Gasteiger partial charge in [-0.3, -0.25) is 9.59 Å². The first-order valence-electron chi connectivity index (χ1n) is 8.16. The number of hydrogen-bond acceptors (Lipinski definition) is 2. The number of carbonyl (C=O) groups excluding carboxylic acids is 2. The molecule has 0 aromatic heterocycles. The predicted molar refractivity (Wildman–Crippen MR) is 79.2 cm³/mol. The van der Waals surface area contributed by atoms with Gasteiger partial charge in [-0.05, 0) is 31.1 Å². The fourth-order valence-corrected chi connectivity index (χ4v) is 3.52. The van der Waals surface area contributed by atoms with Gasteiger partial charge in [-0.25, -0.2) is 0 Å². The highest BCUT2D eigenvalue weighted by atomic mass is 16.2. The van der Waals surface area contributed by atoms with Crippen LogP contribution in [0.25, 0.3) is 0 Å². The van der Waals surface area contributed by atoms with Crippen LogP contribution >= 0.6 is 0 Å². The zero-order valence-electron chi connectivity index (χ0n) is 12.9. The Morgan fingerprint density at radius 3 is 2.55 bits per heavy atom. The van der Waals surface area contributed by atoms with Crippen molar-refractivity contribution in [1.82, 2.24) is 10.2 Å². The van der Waals surface area contributed by atoms with Gasteiger partial charge in [-0.2, -0.15) is 0 Å². The Hall–Kier alpha value is -1.06. The molecular formula is C16H28N2O2. The maximum absolute atomic E-state index is 12.5. The topological polar surface area (TPSA) is 49.4 Å². The molecule has 1 unspecified atom stereocenters. The molecule has 114 valence electrons. The van der Waals surface area contributed by atoms with Crippen LogP contribution in [-0.2, 0) is 9.59 Å². The monoisotopic (exact) mass is 280 g/mol. The van der Waals surface area contributed by atoms with Crippen molar-refractivity contribution >= 4 is 11.8 Å². The van der Waals surface area contributed by atoms with Crippen LogP contribution < -0.4 is 5.32 Å². The fraction of sp³-hybridized carbons (Fsp3) is 0.875. The Morgan fingerprint density at radius 1 is 1.35 bits per heavy atom. The maximum Gasteiger partial charge on any atom is 0.225 e. The van der Waals surface area contributed by atoms with Gasteiger partial charge in [-0.15, -0.1) is 0 Å². The summed E-state index contributed by atoms with van der Waals surface area (Å²) < 4.78 is 0. The summed E-state index contributed by atoms with van der Waals surface area (Å²) in [5.74, 6) is 0.722. The van der Waals surface area contributed by atoms with Crippen LogP contribution in [0.1, 0.15) is 58.8 Å². The molecule has 2 amide bonds. The molecule has 1 spiro atoms. The Morgan fingerprint density at radius 2 is 2.05 bits per heavy atom. The van der Waals surface area contributed by atoms with Crippen molar-refractivity contribution in [2.24, 2.45) is 11.3 Å². The van der Waals surface area contributed by atoms with E-state index in [0.717, 1.165) is 58.2 Å². The number of carbonyl (C=O) groups is 2. The molecule has 0 radical (unpaired) electrons. The number of likely N-dealkylation sites (tertiary alicyclic amines) is 1. The highest BCUT2D eigenvalue weighted by Crippen LogP contribution is 2.37. The van der Waals surface area contributed by atoms with Crippen molar-refractivity contribution in [3.8, 4) is 0 Å². The van der Waals surface area contributed by atoms with Crippen LogP contribution in [0.4, 0.5) is 0 Å². The molecule has 2 fully saturated rings. The lowest BCUT2D eigenvalue weighted by Gasteiger charge is -2.39. The van der Waals surface area contributed by atoms with Crippen LogP contribution in [0.15, 0.2) is 0 Å². The summed E-state index contributed by atoms with van der Waals surface area (Å²) in [5.41, 5.74) is 0.138. The molecule has 0 aliphatic carbocycles. The molecule has 20 heavy (non-hydrogen) atoms. The van der Waals surface area contributed by atoms with Crippen molar-refractivity contribution < 1.29 is 9.59 Å². The van der Waals surface area contributed by atoms with E-state index in [1.807, 2.05) is 4.90 Å². The Balaban J connectivity index is 1.86. The van der Waals surface area contributed by atoms with Crippen molar-refractivity contribution in [3.05, 3.63) is 0 Å². The third-order valence-corrected chi connectivity index (χ3v) is 5.08. The molecule has 1 N–H and O–H groups in total. The number of unbranched alkanes of at least 4 members (excludes halogenated alkanes) is 1. The van der Waals surface area contributed by atoms with Gasteiger partial charge in [0.15, 0.2) is 0 Å². The van der Waals surface area contributed by atoms with E-state index in [4.69, 9.17) is 0 Å². The summed E-state index contributed by atoms with van der Waals surface area (Å²) in [7, 11) is 0. The van der Waals surface area contributed by atoms with E-state index < -0.39 is 0 Å². The Bertz CT molecular complexity index is 359. The van der Waals surface area contributed by atoms with Gasteiger partial charge < -0.3 is 10.2 Å². The number of nitrogens with zero attached hydrogens (tertiary/aromatic N) is 1. The summed E-state index contributed by atoms with van der Waals surface area (Å²) in [6.07, 6.45) is 6.86. The van der Waals surface area contributed by atoms with E-state index >= 15 is 0 Å². The van der Waals surface area contributed by atoms with Gasteiger partial charge in [0, 0.05) is 32.0 Å². The van der Waals surface area contributed by atoms with Gasteiger partial charge in [0.25, 0.3) is 0 Å². The van der Waals surface area contributed by atoms with Crippen LogP contribution in [-0.4, -0.2) is 36.3 Å². The standard InChI is InChI=1S/C16H28N2O2/c1-3-5-6-13(4-2)15(20)18-9-7-16(8-10-18)11-14(19)17-12-16/h13H,3-12H2,1-2H3,(H,17,19). The average molecular weight is 280 g/mol. The summed E-state index contributed by atoms with van der Waals surface area (Å²) in [6, 6.07) is 0. The second-order valence-corrected chi connectivity index (χ2v) is 6.53. The molecule has 2 aliphatic heterocycles. The van der Waals surface area contributed by atoms with E-state index in [-0.39, 0.29) is 17.2 Å². The quantitative estimate of drug-likeness (QED) is 0.840.